The van der Waals surface area contributed by atoms with E-state index in [0.717, 1.165) is 6.07 Å². The zero-order valence-electron chi connectivity index (χ0n) is 16.6. The molecule has 0 fully saturated rings. The summed E-state index contributed by atoms with van der Waals surface area (Å²) in [6.07, 6.45) is 2.68. The van der Waals surface area contributed by atoms with E-state index in [9.17, 15) is 23.3 Å². The first-order valence-corrected chi connectivity index (χ1v) is 10.5. The Hall–Kier alpha value is -4.19. The van der Waals surface area contributed by atoms with Crippen LogP contribution in [0.4, 0.5) is 5.69 Å². The van der Waals surface area contributed by atoms with Crippen LogP contribution >= 0.6 is 0 Å². The molecule has 1 heterocycles. The van der Waals surface area contributed by atoms with Gasteiger partial charge in [0.25, 0.3) is 5.69 Å². The molecule has 11 nitrogen and oxygen atoms in total. The zero-order chi connectivity index (χ0) is 23.1. The number of non-ortho nitro benzene ring substituents is 1. The smallest absolute Gasteiger partial charge is 0.339 e. The predicted octanol–water partition coefficient (Wildman–Crippen LogP) is 3.12. The van der Waals surface area contributed by atoms with Crippen molar-refractivity contribution < 1.29 is 31.5 Å². The van der Waals surface area contributed by atoms with Gasteiger partial charge in [0.05, 0.1) is 24.0 Å². The lowest BCUT2D eigenvalue weighted by Crippen LogP contribution is -2.16. The van der Waals surface area contributed by atoms with Crippen LogP contribution < -0.4 is 14.3 Å². The van der Waals surface area contributed by atoms with Crippen molar-refractivity contribution in [2.75, 3.05) is 6.61 Å². The molecule has 1 aromatic heterocycles. The molecule has 0 bridgehead atoms. The molecule has 0 atom stereocenters. The molecule has 0 radical (unpaired) electrons. The first-order valence-electron chi connectivity index (χ1n) is 9.13. The quantitative estimate of drug-likeness (QED) is 0.222. The molecule has 1 N–H and O–H groups in total. The van der Waals surface area contributed by atoms with Crippen LogP contribution in [0.5, 0.6) is 11.5 Å². The fraction of sp³-hybridized carbons (Fsp3) is 0.100. The predicted molar refractivity (Wildman–Crippen MR) is 112 cm³/mol. The fourth-order valence-corrected chi connectivity index (χ4v) is 3.47. The minimum atomic E-state index is -4.36. The van der Waals surface area contributed by atoms with Crippen LogP contribution in [0.1, 0.15) is 23.0 Å². The zero-order valence-corrected chi connectivity index (χ0v) is 17.4. The lowest BCUT2D eigenvalue weighted by atomic mass is 10.2. The summed E-state index contributed by atoms with van der Waals surface area (Å²) in [5.74, 6) is -0.468. The number of nitro groups is 1. The van der Waals surface area contributed by atoms with E-state index >= 15 is 0 Å². The van der Waals surface area contributed by atoms with Crippen molar-refractivity contribution >= 4 is 27.9 Å². The van der Waals surface area contributed by atoms with Gasteiger partial charge < -0.3 is 13.3 Å². The molecule has 0 saturated carbocycles. The van der Waals surface area contributed by atoms with E-state index in [1.165, 1.54) is 54.9 Å². The molecule has 0 spiro atoms. The van der Waals surface area contributed by atoms with E-state index in [-0.39, 0.29) is 34.4 Å². The molecule has 12 heteroatoms. The van der Waals surface area contributed by atoms with Crippen molar-refractivity contribution in [3.05, 3.63) is 82.3 Å². The van der Waals surface area contributed by atoms with Crippen LogP contribution in [0.25, 0.3) is 0 Å². The molecule has 0 aliphatic heterocycles. The van der Waals surface area contributed by atoms with Gasteiger partial charge in [0.2, 0.25) is 0 Å². The highest BCUT2D eigenvalue weighted by atomic mass is 32.2. The molecule has 0 saturated heterocycles. The van der Waals surface area contributed by atoms with Gasteiger partial charge in [-0.2, -0.15) is 13.5 Å². The van der Waals surface area contributed by atoms with Gasteiger partial charge in [-0.15, -0.1) is 0 Å². The van der Waals surface area contributed by atoms with Gasteiger partial charge in [-0.25, -0.2) is 5.43 Å². The summed E-state index contributed by atoms with van der Waals surface area (Å²) in [7, 11) is -4.36. The number of nitrogens with one attached hydrogen (secondary N) is 1. The van der Waals surface area contributed by atoms with Gasteiger partial charge in [-0.05, 0) is 48.9 Å². The molecule has 3 aromatic rings. The van der Waals surface area contributed by atoms with Gasteiger partial charge in [-0.3, -0.25) is 14.9 Å². The number of carbonyl (C=O) groups is 1. The molecule has 32 heavy (non-hydrogen) atoms. The SMILES string of the molecule is CCOc1cc(/C=N\NC(=O)c2ccco2)ccc1OS(=O)(=O)c1cccc([N+](=O)[O-])c1. The van der Waals surface area contributed by atoms with E-state index < -0.39 is 20.9 Å². The largest absolute Gasteiger partial charge is 0.490 e. The van der Waals surface area contributed by atoms with E-state index in [1.807, 2.05) is 0 Å². The standard InChI is InChI=1S/C20H17N3O8S/c1-2-29-19-11-14(13-21-22-20(24)18-7-4-10-30-18)8-9-17(19)31-32(27,28)16-6-3-5-15(12-16)23(25)26/h3-13H,2H2,1H3,(H,22,24)/b21-13-. The number of hydrogen-bond donors (Lipinski definition) is 1. The van der Waals surface area contributed by atoms with Crippen molar-refractivity contribution in [2.24, 2.45) is 5.10 Å². The average Bonchev–Trinajstić information content (AvgIpc) is 3.31. The van der Waals surface area contributed by atoms with Crippen LogP contribution in [-0.2, 0) is 10.1 Å². The first-order chi connectivity index (χ1) is 15.3. The Labute approximate surface area is 182 Å². The Morgan fingerprint density at radius 2 is 2.00 bits per heavy atom. The highest BCUT2D eigenvalue weighted by molar-refractivity contribution is 7.87. The van der Waals surface area contributed by atoms with Crippen molar-refractivity contribution in [2.45, 2.75) is 11.8 Å². The van der Waals surface area contributed by atoms with Crippen molar-refractivity contribution in [1.82, 2.24) is 5.43 Å². The number of ether oxygens (including phenoxy) is 1. The van der Waals surface area contributed by atoms with Crippen LogP contribution in [0.3, 0.4) is 0 Å². The number of rotatable bonds is 9. The Balaban J connectivity index is 1.79. The number of nitro benzene ring substituents is 1. The minimum Gasteiger partial charge on any atom is -0.490 e. The molecule has 0 aliphatic rings. The van der Waals surface area contributed by atoms with Gasteiger partial charge in [0.1, 0.15) is 4.90 Å². The Bertz CT molecular complexity index is 1250. The minimum absolute atomic E-state index is 0.0901. The van der Waals surface area contributed by atoms with Crippen LogP contribution in [-0.4, -0.2) is 32.1 Å². The second kappa shape index (κ2) is 9.75. The number of furan rings is 1. The lowest BCUT2D eigenvalue weighted by molar-refractivity contribution is -0.385. The number of carbonyl (C=O) groups excluding carboxylic acids is 1. The second-order valence-corrected chi connectivity index (χ2v) is 7.65. The van der Waals surface area contributed by atoms with Crippen LogP contribution in [0.15, 0.2) is 75.3 Å². The molecule has 0 unspecified atom stereocenters. The molecule has 166 valence electrons. The maximum atomic E-state index is 12.6. The Kier molecular flexibility index (Phi) is 6.85. The number of nitrogens with zero attached hydrogens (tertiary/aromatic N) is 2. The van der Waals surface area contributed by atoms with Crippen LogP contribution in [0, 0.1) is 10.1 Å². The third kappa shape index (κ3) is 5.49. The third-order valence-electron chi connectivity index (χ3n) is 3.91. The number of amides is 1. The van der Waals surface area contributed by atoms with Gasteiger partial charge in [-0.1, -0.05) is 6.07 Å². The first kappa shape index (κ1) is 22.5. The van der Waals surface area contributed by atoms with E-state index in [0.29, 0.717) is 5.56 Å². The third-order valence-corrected chi connectivity index (χ3v) is 5.14. The molecule has 0 aliphatic carbocycles. The maximum Gasteiger partial charge on any atom is 0.339 e. The molecular formula is C20H17N3O8S. The summed E-state index contributed by atoms with van der Waals surface area (Å²) in [5.41, 5.74) is 2.38. The average molecular weight is 459 g/mol. The number of hydrazone groups is 1. The van der Waals surface area contributed by atoms with Crippen LogP contribution in [0.2, 0.25) is 0 Å². The van der Waals surface area contributed by atoms with Gasteiger partial charge in [0.15, 0.2) is 17.3 Å². The molecule has 3 rings (SSSR count). The number of hydrogen-bond acceptors (Lipinski definition) is 9. The maximum absolute atomic E-state index is 12.6. The molecule has 1 amide bonds. The van der Waals surface area contributed by atoms with Crippen molar-refractivity contribution in [3.8, 4) is 11.5 Å². The Morgan fingerprint density at radius 3 is 2.69 bits per heavy atom. The van der Waals surface area contributed by atoms with Crippen molar-refractivity contribution in [3.63, 3.8) is 0 Å². The van der Waals surface area contributed by atoms with E-state index in [1.54, 1.807) is 13.0 Å². The summed E-state index contributed by atoms with van der Waals surface area (Å²) < 4.78 is 40.7. The molecule has 2 aromatic carbocycles. The topological polar surface area (TPSA) is 150 Å². The monoisotopic (exact) mass is 459 g/mol. The number of benzene rings is 2. The Morgan fingerprint density at radius 1 is 1.19 bits per heavy atom. The highest BCUT2D eigenvalue weighted by Crippen LogP contribution is 2.31. The summed E-state index contributed by atoms with van der Waals surface area (Å²) in [6, 6.07) is 11.8. The second-order valence-electron chi connectivity index (χ2n) is 6.11. The lowest BCUT2D eigenvalue weighted by Gasteiger charge is -2.12. The summed E-state index contributed by atoms with van der Waals surface area (Å²) in [4.78, 5) is 21.6. The normalized spacial score (nSPS) is 11.3. The molecular weight excluding hydrogens is 442 g/mol. The fourth-order valence-electron chi connectivity index (χ4n) is 2.49. The highest BCUT2D eigenvalue weighted by Gasteiger charge is 2.22. The van der Waals surface area contributed by atoms with Gasteiger partial charge in [0, 0.05) is 12.1 Å². The van der Waals surface area contributed by atoms with E-state index in [4.69, 9.17) is 13.3 Å². The van der Waals surface area contributed by atoms with Gasteiger partial charge >= 0.3 is 16.0 Å². The summed E-state index contributed by atoms with van der Waals surface area (Å²) in [5, 5.41) is 14.7. The summed E-state index contributed by atoms with van der Waals surface area (Å²) >= 11 is 0. The summed E-state index contributed by atoms with van der Waals surface area (Å²) in [6.45, 7) is 1.91. The van der Waals surface area contributed by atoms with E-state index in [2.05, 4.69) is 10.5 Å². The van der Waals surface area contributed by atoms with Crippen molar-refractivity contribution in [1.29, 1.82) is 0 Å².